The molecule has 0 saturated heterocycles. The van der Waals surface area contributed by atoms with E-state index in [0.717, 1.165) is 18.2 Å². The van der Waals surface area contributed by atoms with Gasteiger partial charge in [-0.1, -0.05) is 26.0 Å². The van der Waals surface area contributed by atoms with E-state index in [1.54, 1.807) is 27.8 Å². The van der Waals surface area contributed by atoms with Crippen molar-refractivity contribution in [1.82, 2.24) is 9.78 Å². The summed E-state index contributed by atoms with van der Waals surface area (Å²) in [6.07, 6.45) is -11.0. The standard InChI is InChI=1S/C21H25F6N3OS/c1-10(2)32-13(5)15-9-14(18(20(22,23)24)21(25,26)27)7-8-16(15)28-19(31)17-11(3)29-30(6)12(17)4/h7-10,13,18H,1-6H3,(H,28,31). The first-order valence-corrected chi connectivity index (χ1v) is 10.7. The number of nitrogens with one attached hydrogen (secondary N) is 1. The highest BCUT2D eigenvalue weighted by atomic mass is 32.2. The van der Waals surface area contributed by atoms with Gasteiger partial charge in [0.2, 0.25) is 0 Å². The molecule has 1 heterocycles. The molecule has 32 heavy (non-hydrogen) atoms. The lowest BCUT2D eigenvalue weighted by Gasteiger charge is -2.26. The lowest BCUT2D eigenvalue weighted by molar-refractivity contribution is -0.253. The van der Waals surface area contributed by atoms with E-state index in [9.17, 15) is 31.1 Å². The minimum atomic E-state index is -5.50. The van der Waals surface area contributed by atoms with Crippen LogP contribution in [0.3, 0.4) is 0 Å². The number of nitrogens with zero attached hydrogens (tertiary/aromatic N) is 2. The Morgan fingerprint density at radius 1 is 1.06 bits per heavy atom. The molecule has 0 aliphatic carbocycles. The van der Waals surface area contributed by atoms with Gasteiger partial charge in [-0.15, -0.1) is 0 Å². The van der Waals surface area contributed by atoms with Gasteiger partial charge in [0.15, 0.2) is 5.92 Å². The molecule has 0 radical (unpaired) electrons. The number of aromatic nitrogens is 2. The van der Waals surface area contributed by atoms with Crippen molar-refractivity contribution in [1.29, 1.82) is 0 Å². The Bertz CT molecular complexity index is 967. The van der Waals surface area contributed by atoms with E-state index in [1.807, 2.05) is 13.8 Å². The molecule has 1 amide bonds. The summed E-state index contributed by atoms with van der Waals surface area (Å²) >= 11 is 1.36. The summed E-state index contributed by atoms with van der Waals surface area (Å²) in [4.78, 5) is 12.9. The number of benzene rings is 1. The van der Waals surface area contributed by atoms with E-state index < -0.39 is 35.0 Å². The van der Waals surface area contributed by atoms with Gasteiger partial charge in [-0.2, -0.15) is 43.2 Å². The summed E-state index contributed by atoms with van der Waals surface area (Å²) in [7, 11) is 1.66. The average molecular weight is 482 g/mol. The van der Waals surface area contributed by atoms with Crippen molar-refractivity contribution in [3.05, 3.63) is 46.3 Å². The van der Waals surface area contributed by atoms with Crippen molar-refractivity contribution in [2.75, 3.05) is 5.32 Å². The molecule has 1 aromatic carbocycles. The predicted molar refractivity (Wildman–Crippen MR) is 113 cm³/mol. The van der Waals surface area contributed by atoms with Crippen LogP contribution in [0.1, 0.15) is 64.8 Å². The van der Waals surface area contributed by atoms with Gasteiger partial charge in [0, 0.05) is 23.7 Å². The molecule has 0 bridgehead atoms. The first kappa shape index (κ1) is 26.1. The summed E-state index contributed by atoms with van der Waals surface area (Å²) in [5.74, 6) is -4.15. The van der Waals surface area contributed by atoms with Crippen molar-refractivity contribution in [3.8, 4) is 0 Å². The number of carbonyl (C=O) groups is 1. The van der Waals surface area contributed by atoms with E-state index in [4.69, 9.17) is 0 Å². The van der Waals surface area contributed by atoms with Crippen molar-refractivity contribution >= 4 is 23.4 Å². The van der Waals surface area contributed by atoms with E-state index in [0.29, 0.717) is 17.0 Å². The molecule has 0 saturated carbocycles. The third-order valence-electron chi connectivity index (χ3n) is 4.96. The Kier molecular flexibility index (Phi) is 7.63. The Hall–Kier alpha value is -2.17. The molecule has 11 heteroatoms. The normalized spacial score (nSPS) is 13.7. The highest BCUT2D eigenvalue weighted by Gasteiger charge is 2.57. The molecule has 1 unspecified atom stereocenters. The van der Waals surface area contributed by atoms with E-state index in [-0.39, 0.29) is 16.5 Å². The van der Waals surface area contributed by atoms with Crippen LogP contribution >= 0.6 is 11.8 Å². The maximum Gasteiger partial charge on any atom is 0.404 e. The number of thioether (sulfide) groups is 1. The lowest BCUT2D eigenvalue weighted by Crippen LogP contribution is -2.34. The number of rotatable bonds is 6. The van der Waals surface area contributed by atoms with Crippen LogP contribution < -0.4 is 5.32 Å². The minimum absolute atomic E-state index is 0.0565. The Labute approximate surface area is 186 Å². The molecule has 1 atom stereocenters. The van der Waals surface area contributed by atoms with Crippen molar-refractivity contribution < 1.29 is 31.1 Å². The van der Waals surface area contributed by atoms with Gasteiger partial charge < -0.3 is 5.32 Å². The predicted octanol–water partition coefficient (Wildman–Crippen LogP) is 6.70. The highest BCUT2D eigenvalue weighted by Crippen LogP contribution is 2.48. The fourth-order valence-corrected chi connectivity index (χ4v) is 4.70. The number of anilines is 1. The van der Waals surface area contributed by atoms with Crippen molar-refractivity contribution in [3.63, 3.8) is 0 Å². The molecule has 2 aromatic rings. The third kappa shape index (κ3) is 5.79. The molecule has 1 aromatic heterocycles. The minimum Gasteiger partial charge on any atom is -0.322 e. The van der Waals surface area contributed by atoms with Crippen LogP contribution in [-0.4, -0.2) is 33.3 Å². The van der Waals surface area contributed by atoms with Crippen LogP contribution in [0.15, 0.2) is 18.2 Å². The van der Waals surface area contributed by atoms with Crippen molar-refractivity contribution in [2.45, 2.75) is 63.4 Å². The van der Waals surface area contributed by atoms with Crippen LogP contribution in [0.25, 0.3) is 0 Å². The first-order valence-electron chi connectivity index (χ1n) is 9.78. The number of halogens is 6. The van der Waals surface area contributed by atoms with Crippen LogP contribution in [0, 0.1) is 13.8 Å². The Morgan fingerprint density at radius 2 is 1.62 bits per heavy atom. The second-order valence-electron chi connectivity index (χ2n) is 7.81. The largest absolute Gasteiger partial charge is 0.404 e. The number of carbonyl (C=O) groups excluding carboxylic acids is 1. The molecule has 178 valence electrons. The fraction of sp³-hybridized carbons (Fsp3) is 0.524. The molecule has 1 N–H and O–H groups in total. The Balaban J connectivity index is 2.56. The fourth-order valence-electron chi connectivity index (χ4n) is 3.54. The van der Waals surface area contributed by atoms with Crippen LogP contribution in [0.2, 0.25) is 0 Å². The molecular formula is C21H25F6N3OS. The number of alkyl halides is 6. The second kappa shape index (κ2) is 9.36. The molecule has 0 spiro atoms. The number of aryl methyl sites for hydroxylation is 2. The maximum atomic E-state index is 13.3. The first-order chi connectivity index (χ1) is 14.5. The van der Waals surface area contributed by atoms with Gasteiger partial charge in [-0.25, -0.2) is 0 Å². The second-order valence-corrected chi connectivity index (χ2v) is 9.74. The number of amides is 1. The average Bonchev–Trinajstić information content (AvgIpc) is 2.85. The summed E-state index contributed by atoms with van der Waals surface area (Å²) in [6, 6.07) is 2.76. The third-order valence-corrected chi connectivity index (χ3v) is 6.17. The molecular weight excluding hydrogens is 456 g/mol. The summed E-state index contributed by atoms with van der Waals surface area (Å²) in [5.41, 5.74) is 0.770. The number of hydrogen-bond donors (Lipinski definition) is 1. The molecule has 0 aliphatic heterocycles. The smallest absolute Gasteiger partial charge is 0.322 e. The zero-order chi connectivity index (χ0) is 24.6. The van der Waals surface area contributed by atoms with Crippen LogP contribution in [0.5, 0.6) is 0 Å². The molecule has 0 aliphatic rings. The summed E-state index contributed by atoms with van der Waals surface area (Å²) < 4.78 is 81.1. The van der Waals surface area contributed by atoms with Gasteiger partial charge in [-0.05, 0) is 43.2 Å². The maximum absolute atomic E-state index is 13.3. The summed E-state index contributed by atoms with van der Waals surface area (Å²) in [5, 5.41) is 6.40. The number of hydrogen-bond acceptors (Lipinski definition) is 3. The topological polar surface area (TPSA) is 46.9 Å². The SMILES string of the molecule is Cc1nn(C)c(C)c1C(=O)Nc1ccc(C(C(F)(F)F)C(F)(F)F)cc1C(C)SC(C)C. The van der Waals surface area contributed by atoms with E-state index in [1.165, 1.54) is 16.4 Å². The molecule has 0 fully saturated rings. The quantitative estimate of drug-likeness (QED) is 0.467. The zero-order valence-electron chi connectivity index (χ0n) is 18.4. The monoisotopic (exact) mass is 481 g/mol. The molecule has 4 nitrogen and oxygen atoms in total. The van der Waals surface area contributed by atoms with Gasteiger partial charge >= 0.3 is 12.4 Å². The van der Waals surface area contributed by atoms with Crippen molar-refractivity contribution in [2.24, 2.45) is 7.05 Å². The highest BCUT2D eigenvalue weighted by molar-refractivity contribution is 8.00. The van der Waals surface area contributed by atoms with Crippen LogP contribution in [0.4, 0.5) is 32.0 Å². The zero-order valence-corrected chi connectivity index (χ0v) is 19.3. The van der Waals surface area contributed by atoms with E-state index in [2.05, 4.69) is 10.4 Å². The lowest BCUT2D eigenvalue weighted by atomic mass is 9.94. The van der Waals surface area contributed by atoms with E-state index >= 15 is 0 Å². The van der Waals surface area contributed by atoms with Gasteiger partial charge in [0.1, 0.15) is 0 Å². The van der Waals surface area contributed by atoms with Gasteiger partial charge in [0.25, 0.3) is 5.91 Å². The van der Waals surface area contributed by atoms with Gasteiger partial charge in [-0.3, -0.25) is 9.48 Å². The Morgan fingerprint density at radius 3 is 2.06 bits per heavy atom. The summed E-state index contributed by atoms with van der Waals surface area (Å²) in [6.45, 7) is 8.73. The van der Waals surface area contributed by atoms with Gasteiger partial charge in [0.05, 0.1) is 11.3 Å². The molecule has 2 rings (SSSR count). The van der Waals surface area contributed by atoms with Crippen LogP contribution in [-0.2, 0) is 7.05 Å².